The largest absolute Gasteiger partial charge is 0.343 e. The maximum Gasteiger partial charge on any atom is 0.233 e. The number of amides is 1. The van der Waals surface area contributed by atoms with E-state index in [1.807, 2.05) is 19.9 Å². The van der Waals surface area contributed by atoms with Crippen molar-refractivity contribution in [3.8, 4) is 17.1 Å². The smallest absolute Gasteiger partial charge is 0.233 e. The lowest BCUT2D eigenvalue weighted by Gasteiger charge is -2.18. The van der Waals surface area contributed by atoms with Crippen molar-refractivity contribution in [1.29, 1.82) is 0 Å². The average Bonchev–Trinajstić information content (AvgIpc) is 3.12. The molecule has 1 aromatic carbocycles. The zero-order valence-corrected chi connectivity index (χ0v) is 16.0. The van der Waals surface area contributed by atoms with Crippen LogP contribution in [0.5, 0.6) is 0 Å². The number of pyridine rings is 1. The molecule has 0 saturated carbocycles. The van der Waals surface area contributed by atoms with Crippen LogP contribution in [-0.2, 0) is 4.79 Å². The van der Waals surface area contributed by atoms with Crippen molar-refractivity contribution in [3.63, 3.8) is 0 Å². The van der Waals surface area contributed by atoms with Gasteiger partial charge in [-0.2, -0.15) is 0 Å². The molecular weight excluding hydrogens is 365 g/mol. The molecule has 0 N–H and O–H groups in total. The summed E-state index contributed by atoms with van der Waals surface area (Å²) in [5.74, 6) is 0.308. The summed E-state index contributed by atoms with van der Waals surface area (Å²) < 4.78 is 16.1. The van der Waals surface area contributed by atoms with Crippen LogP contribution >= 0.6 is 11.8 Å². The van der Waals surface area contributed by atoms with Gasteiger partial charge in [-0.3, -0.25) is 14.3 Å². The van der Waals surface area contributed by atoms with Crippen LogP contribution in [-0.4, -0.2) is 49.4 Å². The van der Waals surface area contributed by atoms with Crippen molar-refractivity contribution >= 4 is 17.7 Å². The monoisotopic (exact) mass is 385 g/mol. The van der Waals surface area contributed by atoms with Gasteiger partial charge >= 0.3 is 0 Å². The molecule has 140 valence electrons. The minimum atomic E-state index is -0.389. The molecule has 0 fully saturated rings. The number of hydrogen-bond donors (Lipinski definition) is 0. The number of benzene rings is 1. The predicted molar refractivity (Wildman–Crippen MR) is 103 cm³/mol. The van der Waals surface area contributed by atoms with Gasteiger partial charge in [0.2, 0.25) is 5.91 Å². The van der Waals surface area contributed by atoms with Gasteiger partial charge in [0.1, 0.15) is 5.82 Å². The lowest BCUT2D eigenvalue weighted by molar-refractivity contribution is -0.127. The first-order chi connectivity index (χ1) is 13.2. The van der Waals surface area contributed by atoms with E-state index >= 15 is 0 Å². The molecule has 0 aliphatic heterocycles. The molecule has 0 aliphatic carbocycles. The second kappa shape index (κ2) is 8.77. The fraction of sp³-hybridized carbons (Fsp3) is 0.263. The zero-order chi connectivity index (χ0) is 19.2. The number of thioether (sulfide) groups is 1. The Morgan fingerprint density at radius 2 is 1.93 bits per heavy atom. The van der Waals surface area contributed by atoms with Gasteiger partial charge in [0, 0.05) is 31.0 Å². The average molecular weight is 385 g/mol. The van der Waals surface area contributed by atoms with Crippen LogP contribution in [0.2, 0.25) is 0 Å². The van der Waals surface area contributed by atoms with E-state index in [1.165, 1.54) is 17.8 Å². The molecule has 6 nitrogen and oxygen atoms in total. The van der Waals surface area contributed by atoms with Crippen LogP contribution in [0.3, 0.4) is 0 Å². The molecular formula is C19H20FN5OS. The number of hydrogen-bond acceptors (Lipinski definition) is 5. The maximum absolute atomic E-state index is 14.5. The fourth-order valence-electron chi connectivity index (χ4n) is 2.69. The number of carbonyl (C=O) groups excluding carboxylic acids is 1. The van der Waals surface area contributed by atoms with E-state index in [2.05, 4.69) is 15.2 Å². The standard InChI is InChI=1S/C19H20FN5OS/c1-3-24(4-2)17(26)13-27-19-23-22-18(14-8-7-11-21-12-14)25(19)16-10-6-5-9-15(16)20/h5-12H,3-4,13H2,1-2H3. The molecule has 2 heterocycles. The molecule has 3 aromatic rings. The van der Waals surface area contributed by atoms with E-state index in [9.17, 15) is 9.18 Å². The Bertz CT molecular complexity index is 911. The van der Waals surface area contributed by atoms with Crippen molar-refractivity contribution in [2.24, 2.45) is 0 Å². The topological polar surface area (TPSA) is 63.9 Å². The quantitative estimate of drug-likeness (QED) is 0.583. The van der Waals surface area contributed by atoms with E-state index in [-0.39, 0.29) is 17.5 Å². The highest BCUT2D eigenvalue weighted by molar-refractivity contribution is 7.99. The Kier molecular flexibility index (Phi) is 6.18. The Balaban J connectivity index is 1.99. The van der Waals surface area contributed by atoms with Gasteiger partial charge < -0.3 is 4.90 Å². The second-order valence-electron chi connectivity index (χ2n) is 5.69. The van der Waals surface area contributed by atoms with Gasteiger partial charge in [-0.1, -0.05) is 23.9 Å². The van der Waals surface area contributed by atoms with Crippen molar-refractivity contribution in [2.45, 2.75) is 19.0 Å². The number of aromatic nitrogens is 4. The summed E-state index contributed by atoms with van der Waals surface area (Å²) in [6.07, 6.45) is 3.31. The third kappa shape index (κ3) is 4.16. The summed E-state index contributed by atoms with van der Waals surface area (Å²) in [6.45, 7) is 5.18. The Hall–Kier alpha value is -2.74. The van der Waals surface area contributed by atoms with Crippen LogP contribution in [0.4, 0.5) is 4.39 Å². The summed E-state index contributed by atoms with van der Waals surface area (Å²) >= 11 is 1.24. The van der Waals surface area contributed by atoms with Crippen molar-refractivity contribution < 1.29 is 9.18 Å². The molecule has 1 amide bonds. The van der Waals surface area contributed by atoms with E-state index < -0.39 is 0 Å². The summed E-state index contributed by atoms with van der Waals surface area (Å²) in [6, 6.07) is 10.0. The summed E-state index contributed by atoms with van der Waals surface area (Å²) in [7, 11) is 0. The summed E-state index contributed by atoms with van der Waals surface area (Å²) in [4.78, 5) is 18.2. The van der Waals surface area contributed by atoms with Crippen LogP contribution in [0.15, 0.2) is 53.9 Å². The molecule has 0 radical (unpaired) electrons. The summed E-state index contributed by atoms with van der Waals surface area (Å²) in [5, 5.41) is 8.89. The van der Waals surface area contributed by atoms with Crippen LogP contribution < -0.4 is 0 Å². The molecule has 0 atom stereocenters. The Morgan fingerprint density at radius 3 is 2.59 bits per heavy atom. The third-order valence-electron chi connectivity index (χ3n) is 4.09. The normalized spacial score (nSPS) is 10.8. The van der Waals surface area contributed by atoms with Gasteiger partial charge in [-0.05, 0) is 38.1 Å². The number of carbonyl (C=O) groups is 1. The number of halogens is 1. The minimum Gasteiger partial charge on any atom is -0.343 e. The number of rotatable bonds is 7. The first-order valence-electron chi connectivity index (χ1n) is 8.67. The Morgan fingerprint density at radius 1 is 1.15 bits per heavy atom. The van der Waals surface area contributed by atoms with Crippen LogP contribution in [0.25, 0.3) is 17.1 Å². The lowest BCUT2D eigenvalue weighted by Crippen LogP contribution is -2.31. The summed E-state index contributed by atoms with van der Waals surface area (Å²) in [5.41, 5.74) is 1.05. The van der Waals surface area contributed by atoms with Crippen LogP contribution in [0.1, 0.15) is 13.8 Å². The molecule has 2 aromatic heterocycles. The van der Waals surface area contributed by atoms with Crippen molar-refractivity contribution in [2.75, 3.05) is 18.8 Å². The molecule has 27 heavy (non-hydrogen) atoms. The van der Waals surface area contributed by atoms with Crippen molar-refractivity contribution in [3.05, 3.63) is 54.6 Å². The van der Waals surface area contributed by atoms with Gasteiger partial charge in [-0.15, -0.1) is 10.2 Å². The van der Waals surface area contributed by atoms with E-state index in [1.54, 1.807) is 46.1 Å². The maximum atomic E-state index is 14.5. The Labute approximate surface area is 161 Å². The molecule has 0 aliphatic rings. The molecule has 0 bridgehead atoms. The molecule has 8 heteroatoms. The molecule has 0 saturated heterocycles. The van der Waals surface area contributed by atoms with Gasteiger partial charge in [0.15, 0.2) is 11.0 Å². The van der Waals surface area contributed by atoms with Crippen LogP contribution in [0, 0.1) is 5.82 Å². The number of nitrogens with zero attached hydrogens (tertiary/aromatic N) is 5. The SMILES string of the molecule is CCN(CC)C(=O)CSc1nnc(-c2cccnc2)n1-c1ccccc1F. The predicted octanol–water partition coefficient (Wildman–Crippen LogP) is 3.43. The highest BCUT2D eigenvalue weighted by atomic mass is 32.2. The number of para-hydroxylation sites is 1. The molecule has 0 spiro atoms. The minimum absolute atomic E-state index is 0.0102. The highest BCUT2D eigenvalue weighted by Crippen LogP contribution is 2.28. The third-order valence-corrected chi connectivity index (χ3v) is 5.00. The van der Waals surface area contributed by atoms with Gasteiger partial charge in [0.25, 0.3) is 0 Å². The van der Waals surface area contributed by atoms with E-state index in [0.717, 1.165) is 5.56 Å². The van der Waals surface area contributed by atoms with E-state index in [0.29, 0.717) is 29.8 Å². The highest BCUT2D eigenvalue weighted by Gasteiger charge is 2.20. The molecule has 3 rings (SSSR count). The first kappa shape index (κ1) is 19.0. The van der Waals surface area contributed by atoms with Crippen molar-refractivity contribution in [1.82, 2.24) is 24.6 Å². The van der Waals surface area contributed by atoms with E-state index in [4.69, 9.17) is 0 Å². The second-order valence-corrected chi connectivity index (χ2v) is 6.63. The zero-order valence-electron chi connectivity index (χ0n) is 15.2. The molecule has 0 unspecified atom stereocenters. The van der Waals surface area contributed by atoms with Gasteiger partial charge in [0.05, 0.1) is 11.4 Å². The lowest BCUT2D eigenvalue weighted by atomic mass is 10.2. The van der Waals surface area contributed by atoms with Gasteiger partial charge in [-0.25, -0.2) is 4.39 Å². The fourth-order valence-corrected chi connectivity index (χ4v) is 3.54. The first-order valence-corrected chi connectivity index (χ1v) is 9.65.